The van der Waals surface area contributed by atoms with Gasteiger partial charge in [-0.05, 0) is 25.5 Å². The highest BCUT2D eigenvalue weighted by atomic mass is 19.2. The zero-order valence-electron chi connectivity index (χ0n) is 11.7. The van der Waals surface area contributed by atoms with Gasteiger partial charge >= 0.3 is 0 Å². The summed E-state index contributed by atoms with van der Waals surface area (Å²) in [5.41, 5.74) is -0.372. The number of hydrogen-bond donors (Lipinski definition) is 0. The van der Waals surface area contributed by atoms with Crippen LogP contribution in [0, 0.1) is 54.0 Å². The third-order valence-electron chi connectivity index (χ3n) is 3.05. The summed E-state index contributed by atoms with van der Waals surface area (Å²) in [5.74, 6) is -5.58. The maximum atomic E-state index is 14.2. The third-order valence-corrected chi connectivity index (χ3v) is 3.05. The molecule has 0 fully saturated rings. The fraction of sp³-hybridized carbons (Fsp3) is 0.125. The molecule has 3 nitrogen and oxygen atoms in total. The molecule has 0 saturated carbocycles. The third kappa shape index (κ3) is 2.47. The van der Waals surface area contributed by atoms with Crippen LogP contribution >= 0.6 is 0 Å². The van der Waals surface area contributed by atoms with Gasteiger partial charge in [-0.2, -0.15) is 14.9 Å². The molecular formula is C16H9F3N2O. The summed E-state index contributed by atoms with van der Waals surface area (Å²) < 4.78 is 46.9. The van der Waals surface area contributed by atoms with Crippen LogP contribution < -0.4 is 4.74 Å². The Morgan fingerprint density at radius 1 is 0.909 bits per heavy atom. The van der Waals surface area contributed by atoms with Crippen LogP contribution in [0.2, 0.25) is 0 Å². The Kier molecular flexibility index (Phi) is 4.05. The van der Waals surface area contributed by atoms with Crippen LogP contribution in [-0.4, -0.2) is 0 Å². The normalized spacial score (nSPS) is 9.95. The van der Waals surface area contributed by atoms with Gasteiger partial charge in [-0.3, -0.25) is 0 Å². The molecule has 0 aliphatic rings. The maximum absolute atomic E-state index is 14.2. The Bertz CT molecular complexity index is 848. The van der Waals surface area contributed by atoms with Crippen LogP contribution in [0.3, 0.4) is 0 Å². The molecule has 0 radical (unpaired) electrons. The average molecular weight is 302 g/mol. The van der Waals surface area contributed by atoms with E-state index in [1.807, 2.05) is 6.92 Å². The standard InChI is InChI=1S/C16H9F3N2O/c1-8-3-4-12(9(2)5-8)22-16-14(18)11(7-21)10(6-20)13(17)15(16)19/h3-5H,1-2H3. The van der Waals surface area contributed by atoms with E-state index in [-0.39, 0.29) is 5.75 Å². The first-order valence-electron chi connectivity index (χ1n) is 6.16. The molecule has 2 rings (SSSR count). The second kappa shape index (κ2) is 5.79. The van der Waals surface area contributed by atoms with E-state index >= 15 is 0 Å². The van der Waals surface area contributed by atoms with E-state index in [2.05, 4.69) is 0 Å². The summed E-state index contributed by atoms with van der Waals surface area (Å²) in [4.78, 5) is 0. The van der Waals surface area contributed by atoms with Gasteiger partial charge in [0.15, 0.2) is 11.6 Å². The molecule has 0 unspecified atom stereocenters. The highest BCUT2D eigenvalue weighted by Gasteiger charge is 2.27. The Balaban J connectivity index is 2.65. The highest BCUT2D eigenvalue weighted by molar-refractivity contribution is 5.53. The topological polar surface area (TPSA) is 56.8 Å². The maximum Gasteiger partial charge on any atom is 0.205 e. The highest BCUT2D eigenvalue weighted by Crippen LogP contribution is 2.34. The number of benzene rings is 2. The van der Waals surface area contributed by atoms with Crippen molar-refractivity contribution in [1.82, 2.24) is 0 Å². The molecule has 2 aromatic carbocycles. The zero-order chi connectivity index (χ0) is 16.4. The summed E-state index contributed by atoms with van der Waals surface area (Å²) in [6, 6.07) is 7.47. The van der Waals surface area contributed by atoms with E-state index in [1.54, 1.807) is 19.1 Å². The van der Waals surface area contributed by atoms with E-state index in [1.165, 1.54) is 18.2 Å². The minimum atomic E-state index is -1.65. The van der Waals surface area contributed by atoms with Gasteiger partial charge in [0, 0.05) is 0 Å². The van der Waals surface area contributed by atoms with Crippen molar-refractivity contribution >= 4 is 0 Å². The summed E-state index contributed by atoms with van der Waals surface area (Å²) in [6.07, 6.45) is 0. The second-order valence-electron chi connectivity index (χ2n) is 4.62. The number of ether oxygens (including phenoxy) is 1. The van der Waals surface area contributed by atoms with Gasteiger partial charge in [0.05, 0.1) is 0 Å². The lowest BCUT2D eigenvalue weighted by molar-refractivity contribution is 0.383. The summed E-state index contributed by atoms with van der Waals surface area (Å²) in [5, 5.41) is 17.6. The van der Waals surface area contributed by atoms with Crippen molar-refractivity contribution in [2.75, 3.05) is 0 Å². The van der Waals surface area contributed by atoms with Crippen LogP contribution in [0.1, 0.15) is 22.3 Å². The largest absolute Gasteiger partial charge is 0.451 e. The molecule has 2 aromatic rings. The van der Waals surface area contributed by atoms with Crippen LogP contribution in [0.4, 0.5) is 13.2 Å². The van der Waals surface area contributed by atoms with Gasteiger partial charge in [-0.1, -0.05) is 17.7 Å². The quantitative estimate of drug-likeness (QED) is 0.779. The minimum absolute atomic E-state index is 0.122. The molecule has 6 heteroatoms. The second-order valence-corrected chi connectivity index (χ2v) is 4.62. The van der Waals surface area contributed by atoms with Gasteiger partial charge in [-0.15, -0.1) is 0 Å². The predicted molar refractivity (Wildman–Crippen MR) is 71.7 cm³/mol. The SMILES string of the molecule is Cc1ccc(Oc2c(F)c(F)c(C#N)c(C#N)c2F)c(C)c1. The summed E-state index contributed by atoms with van der Waals surface area (Å²) in [7, 11) is 0. The first kappa shape index (κ1) is 15.4. The molecule has 0 aromatic heterocycles. The Labute approximate surface area is 124 Å². The van der Waals surface area contributed by atoms with Crippen LogP contribution in [-0.2, 0) is 0 Å². The van der Waals surface area contributed by atoms with E-state index in [0.29, 0.717) is 5.56 Å². The van der Waals surface area contributed by atoms with Gasteiger partial charge in [-0.25, -0.2) is 8.78 Å². The lowest BCUT2D eigenvalue weighted by Crippen LogP contribution is -2.04. The van der Waals surface area contributed by atoms with Crippen molar-refractivity contribution in [3.05, 3.63) is 57.9 Å². The van der Waals surface area contributed by atoms with Gasteiger partial charge < -0.3 is 4.74 Å². The molecule has 0 atom stereocenters. The minimum Gasteiger partial charge on any atom is -0.451 e. The number of nitrogens with zero attached hydrogens (tertiary/aromatic N) is 2. The summed E-state index contributed by atoms with van der Waals surface area (Å²) in [6.45, 7) is 3.48. The van der Waals surface area contributed by atoms with E-state index < -0.39 is 34.3 Å². The van der Waals surface area contributed by atoms with Crippen molar-refractivity contribution in [3.8, 4) is 23.6 Å². The van der Waals surface area contributed by atoms with Crippen molar-refractivity contribution in [1.29, 1.82) is 10.5 Å². The van der Waals surface area contributed by atoms with Crippen molar-refractivity contribution < 1.29 is 17.9 Å². The number of aryl methyl sites for hydroxylation is 2. The molecule has 0 bridgehead atoms. The molecule has 0 aliphatic heterocycles. The predicted octanol–water partition coefficient (Wildman–Crippen LogP) is 4.26. The Hall–Kier alpha value is -2.99. The number of rotatable bonds is 2. The van der Waals surface area contributed by atoms with E-state index in [0.717, 1.165) is 5.56 Å². The fourth-order valence-electron chi connectivity index (χ4n) is 1.96. The van der Waals surface area contributed by atoms with Crippen LogP contribution in [0.25, 0.3) is 0 Å². The lowest BCUT2D eigenvalue weighted by atomic mass is 10.1. The smallest absolute Gasteiger partial charge is 0.205 e. The number of nitriles is 2. The van der Waals surface area contributed by atoms with Gasteiger partial charge in [0.1, 0.15) is 29.0 Å². The van der Waals surface area contributed by atoms with Gasteiger partial charge in [0.2, 0.25) is 11.6 Å². The molecule has 0 spiro atoms. The van der Waals surface area contributed by atoms with Crippen molar-refractivity contribution in [3.63, 3.8) is 0 Å². The lowest BCUT2D eigenvalue weighted by Gasteiger charge is -2.12. The van der Waals surface area contributed by atoms with Crippen LogP contribution in [0.5, 0.6) is 11.5 Å². The first-order valence-corrected chi connectivity index (χ1v) is 6.16. The van der Waals surface area contributed by atoms with E-state index in [9.17, 15) is 13.2 Å². The van der Waals surface area contributed by atoms with Crippen molar-refractivity contribution in [2.24, 2.45) is 0 Å². The van der Waals surface area contributed by atoms with E-state index in [4.69, 9.17) is 15.3 Å². The zero-order valence-corrected chi connectivity index (χ0v) is 11.7. The molecule has 110 valence electrons. The average Bonchev–Trinajstić information content (AvgIpc) is 2.49. The molecule has 22 heavy (non-hydrogen) atoms. The molecule has 0 aliphatic carbocycles. The fourth-order valence-corrected chi connectivity index (χ4v) is 1.96. The molecule has 0 heterocycles. The van der Waals surface area contributed by atoms with Gasteiger partial charge in [0.25, 0.3) is 0 Å². The molecule has 0 saturated heterocycles. The number of hydrogen-bond acceptors (Lipinski definition) is 3. The molecule has 0 amide bonds. The van der Waals surface area contributed by atoms with Crippen molar-refractivity contribution in [2.45, 2.75) is 13.8 Å². The van der Waals surface area contributed by atoms with Crippen LogP contribution in [0.15, 0.2) is 18.2 Å². The summed E-state index contributed by atoms with van der Waals surface area (Å²) >= 11 is 0. The first-order chi connectivity index (χ1) is 10.4. The Morgan fingerprint density at radius 2 is 1.50 bits per heavy atom. The Morgan fingerprint density at radius 3 is 2.05 bits per heavy atom. The monoisotopic (exact) mass is 302 g/mol. The molecule has 0 N–H and O–H groups in total. The molecular weight excluding hydrogens is 293 g/mol. The number of halogens is 3.